The summed E-state index contributed by atoms with van der Waals surface area (Å²) in [7, 11) is 2.05. The van der Waals surface area contributed by atoms with Crippen molar-refractivity contribution in [3.8, 4) is 0 Å². The van der Waals surface area contributed by atoms with Crippen molar-refractivity contribution in [3.05, 3.63) is 30.1 Å². The Morgan fingerprint density at radius 2 is 1.71 bits per heavy atom. The Balaban J connectivity index is 2.35. The van der Waals surface area contributed by atoms with Gasteiger partial charge in [0, 0.05) is 12.1 Å². The SMILES string of the molecule is C[n+]1ccc(CCCC(C)(C)C)cc1. The van der Waals surface area contributed by atoms with E-state index in [-0.39, 0.29) is 0 Å². The largest absolute Gasteiger partial charge is 0.208 e. The van der Waals surface area contributed by atoms with E-state index in [9.17, 15) is 0 Å². The number of hydrogen-bond donors (Lipinski definition) is 0. The Morgan fingerprint density at radius 3 is 2.21 bits per heavy atom. The zero-order chi connectivity index (χ0) is 10.6. The molecular formula is C13H22N+. The summed E-state index contributed by atoms with van der Waals surface area (Å²) >= 11 is 0. The van der Waals surface area contributed by atoms with Crippen molar-refractivity contribution in [2.45, 2.75) is 40.0 Å². The predicted molar refractivity (Wildman–Crippen MR) is 60.0 cm³/mol. The minimum Gasteiger partial charge on any atom is -0.208 e. The van der Waals surface area contributed by atoms with E-state index in [0.717, 1.165) is 0 Å². The fourth-order valence-electron chi connectivity index (χ4n) is 1.52. The molecule has 0 aliphatic heterocycles. The van der Waals surface area contributed by atoms with Crippen LogP contribution in [-0.4, -0.2) is 0 Å². The fraction of sp³-hybridized carbons (Fsp3) is 0.615. The van der Waals surface area contributed by atoms with Gasteiger partial charge in [0.15, 0.2) is 12.4 Å². The molecule has 0 atom stereocenters. The number of rotatable bonds is 3. The summed E-state index contributed by atoms with van der Waals surface area (Å²) in [5.41, 5.74) is 1.92. The molecule has 0 unspecified atom stereocenters. The number of aromatic nitrogens is 1. The van der Waals surface area contributed by atoms with Gasteiger partial charge in [0.1, 0.15) is 7.05 Å². The molecule has 1 heterocycles. The average molecular weight is 192 g/mol. The summed E-state index contributed by atoms with van der Waals surface area (Å²) < 4.78 is 2.08. The Hall–Kier alpha value is -0.850. The first-order chi connectivity index (χ1) is 6.47. The maximum atomic E-state index is 2.30. The highest BCUT2D eigenvalue weighted by atomic mass is 14.9. The van der Waals surface area contributed by atoms with Crippen LogP contribution in [0.5, 0.6) is 0 Å². The van der Waals surface area contributed by atoms with Gasteiger partial charge in [-0.1, -0.05) is 20.8 Å². The van der Waals surface area contributed by atoms with Crippen LogP contribution in [-0.2, 0) is 13.5 Å². The molecule has 0 aromatic carbocycles. The van der Waals surface area contributed by atoms with Crippen LogP contribution < -0.4 is 4.57 Å². The molecule has 0 bridgehead atoms. The number of hydrogen-bond acceptors (Lipinski definition) is 0. The molecule has 1 heteroatoms. The van der Waals surface area contributed by atoms with E-state index in [2.05, 4.69) is 56.9 Å². The first-order valence-corrected chi connectivity index (χ1v) is 5.41. The van der Waals surface area contributed by atoms with Crippen molar-refractivity contribution in [1.29, 1.82) is 0 Å². The Bertz CT molecular complexity index is 266. The average Bonchev–Trinajstić information content (AvgIpc) is 2.06. The first-order valence-electron chi connectivity index (χ1n) is 5.41. The van der Waals surface area contributed by atoms with Gasteiger partial charge in [-0.3, -0.25) is 0 Å². The van der Waals surface area contributed by atoms with Crippen molar-refractivity contribution in [2.24, 2.45) is 12.5 Å². The van der Waals surface area contributed by atoms with Gasteiger partial charge < -0.3 is 0 Å². The molecule has 1 aromatic heterocycles. The lowest BCUT2D eigenvalue weighted by Gasteiger charge is -2.17. The highest BCUT2D eigenvalue weighted by Crippen LogP contribution is 2.21. The Labute approximate surface area is 87.8 Å². The highest BCUT2D eigenvalue weighted by molar-refractivity contribution is 5.07. The van der Waals surface area contributed by atoms with E-state index in [4.69, 9.17) is 0 Å². The summed E-state index contributed by atoms with van der Waals surface area (Å²) in [4.78, 5) is 0. The van der Waals surface area contributed by atoms with Gasteiger partial charge in [0.05, 0.1) is 0 Å². The summed E-state index contributed by atoms with van der Waals surface area (Å²) in [5.74, 6) is 0. The Kier molecular flexibility index (Phi) is 3.68. The molecule has 1 rings (SSSR count). The van der Waals surface area contributed by atoms with Gasteiger partial charge in [0.25, 0.3) is 0 Å². The topological polar surface area (TPSA) is 3.88 Å². The second-order valence-corrected chi connectivity index (χ2v) is 5.29. The van der Waals surface area contributed by atoms with E-state index >= 15 is 0 Å². The molecule has 0 N–H and O–H groups in total. The van der Waals surface area contributed by atoms with Crippen LogP contribution >= 0.6 is 0 Å². The molecule has 1 nitrogen and oxygen atoms in total. The van der Waals surface area contributed by atoms with Crippen molar-refractivity contribution >= 4 is 0 Å². The summed E-state index contributed by atoms with van der Waals surface area (Å²) in [5, 5.41) is 0. The van der Waals surface area contributed by atoms with Gasteiger partial charge in [-0.15, -0.1) is 0 Å². The fourth-order valence-corrected chi connectivity index (χ4v) is 1.52. The Morgan fingerprint density at radius 1 is 1.14 bits per heavy atom. The van der Waals surface area contributed by atoms with Gasteiger partial charge in [-0.05, 0) is 30.2 Å². The smallest absolute Gasteiger partial charge is 0.168 e. The normalized spacial score (nSPS) is 11.7. The van der Waals surface area contributed by atoms with E-state index in [1.807, 2.05) is 0 Å². The molecule has 0 fully saturated rings. The standard InChI is InChI=1S/C13H22N/c1-13(2,3)9-5-6-12-7-10-14(4)11-8-12/h7-8,10-11H,5-6,9H2,1-4H3/q+1. The number of nitrogens with zero attached hydrogens (tertiary/aromatic N) is 1. The maximum absolute atomic E-state index is 2.30. The first kappa shape index (κ1) is 11.2. The van der Waals surface area contributed by atoms with Crippen molar-refractivity contribution in [1.82, 2.24) is 0 Å². The zero-order valence-corrected chi connectivity index (χ0v) is 9.88. The number of aryl methyl sites for hydroxylation is 2. The van der Waals surface area contributed by atoms with Gasteiger partial charge in [-0.2, -0.15) is 0 Å². The molecule has 0 saturated heterocycles. The third kappa shape index (κ3) is 4.40. The predicted octanol–water partition coefficient (Wildman–Crippen LogP) is 2.88. The summed E-state index contributed by atoms with van der Waals surface area (Å²) in [6.45, 7) is 6.91. The monoisotopic (exact) mass is 192 g/mol. The second kappa shape index (κ2) is 4.59. The molecule has 0 aliphatic carbocycles. The van der Waals surface area contributed by atoms with Gasteiger partial charge in [0.2, 0.25) is 0 Å². The quantitative estimate of drug-likeness (QED) is 0.648. The van der Waals surface area contributed by atoms with Crippen molar-refractivity contribution in [2.75, 3.05) is 0 Å². The molecule has 0 radical (unpaired) electrons. The number of pyridine rings is 1. The lowest BCUT2D eigenvalue weighted by Crippen LogP contribution is -2.25. The van der Waals surface area contributed by atoms with Crippen molar-refractivity contribution in [3.63, 3.8) is 0 Å². The minimum absolute atomic E-state index is 0.472. The van der Waals surface area contributed by atoms with E-state index in [1.54, 1.807) is 0 Å². The third-order valence-corrected chi connectivity index (χ3v) is 2.44. The van der Waals surface area contributed by atoms with E-state index < -0.39 is 0 Å². The zero-order valence-electron chi connectivity index (χ0n) is 9.88. The second-order valence-electron chi connectivity index (χ2n) is 5.29. The van der Waals surface area contributed by atoms with Crippen LogP contribution in [0.2, 0.25) is 0 Å². The minimum atomic E-state index is 0.472. The van der Waals surface area contributed by atoms with E-state index in [1.165, 1.54) is 24.8 Å². The lowest BCUT2D eigenvalue weighted by molar-refractivity contribution is -0.671. The summed E-state index contributed by atoms with van der Waals surface area (Å²) in [6, 6.07) is 4.42. The van der Waals surface area contributed by atoms with Gasteiger partial charge >= 0.3 is 0 Å². The highest BCUT2D eigenvalue weighted by Gasteiger charge is 2.09. The van der Waals surface area contributed by atoms with E-state index in [0.29, 0.717) is 5.41 Å². The van der Waals surface area contributed by atoms with Crippen LogP contribution in [0, 0.1) is 5.41 Å². The molecule has 14 heavy (non-hydrogen) atoms. The molecule has 78 valence electrons. The lowest BCUT2D eigenvalue weighted by atomic mass is 9.89. The molecule has 1 aromatic rings. The van der Waals surface area contributed by atoms with Crippen LogP contribution in [0.4, 0.5) is 0 Å². The molecule has 0 saturated carbocycles. The van der Waals surface area contributed by atoms with Crippen LogP contribution in [0.15, 0.2) is 24.5 Å². The maximum Gasteiger partial charge on any atom is 0.168 e. The molecular weight excluding hydrogens is 170 g/mol. The summed E-state index contributed by atoms with van der Waals surface area (Å²) in [6.07, 6.45) is 8.03. The molecule has 0 aliphatic rings. The van der Waals surface area contributed by atoms with Crippen LogP contribution in [0.1, 0.15) is 39.2 Å². The molecule has 0 spiro atoms. The molecule has 0 amide bonds. The van der Waals surface area contributed by atoms with Gasteiger partial charge in [-0.25, -0.2) is 4.57 Å². The third-order valence-electron chi connectivity index (χ3n) is 2.44. The van der Waals surface area contributed by atoms with Crippen LogP contribution in [0.3, 0.4) is 0 Å². The van der Waals surface area contributed by atoms with Crippen LogP contribution in [0.25, 0.3) is 0 Å². The van der Waals surface area contributed by atoms with Crippen molar-refractivity contribution < 1.29 is 4.57 Å².